The summed E-state index contributed by atoms with van der Waals surface area (Å²) in [5, 5.41) is 5.26. The summed E-state index contributed by atoms with van der Waals surface area (Å²) in [6.07, 6.45) is 1.57. The first-order valence-electron chi connectivity index (χ1n) is 7.98. The number of benzene rings is 2. The highest BCUT2D eigenvalue weighted by molar-refractivity contribution is 7.99. The van der Waals surface area contributed by atoms with E-state index in [1.54, 1.807) is 61.7 Å². The molecule has 2 aromatic carbocycles. The van der Waals surface area contributed by atoms with Crippen molar-refractivity contribution in [2.75, 3.05) is 6.61 Å². The lowest BCUT2D eigenvalue weighted by Gasteiger charge is -2.11. The quantitative estimate of drug-likeness (QED) is 0.551. The lowest BCUT2D eigenvalue weighted by Crippen LogP contribution is -2.24. The van der Waals surface area contributed by atoms with Crippen LogP contribution in [0.1, 0.15) is 17.4 Å². The van der Waals surface area contributed by atoms with Crippen molar-refractivity contribution < 1.29 is 9.53 Å². The van der Waals surface area contributed by atoms with Gasteiger partial charge in [-0.2, -0.15) is 5.10 Å². The van der Waals surface area contributed by atoms with E-state index in [-0.39, 0.29) is 12.3 Å². The minimum atomic E-state index is -0.767. The highest BCUT2D eigenvalue weighted by atomic mass is 35.5. The highest BCUT2D eigenvalue weighted by Gasteiger charge is 2.19. The molecule has 0 spiro atoms. The second-order valence-corrected chi connectivity index (χ2v) is 7.36. The van der Waals surface area contributed by atoms with Crippen LogP contribution in [0.2, 0.25) is 10.0 Å². The van der Waals surface area contributed by atoms with Gasteiger partial charge in [0.1, 0.15) is 0 Å². The summed E-state index contributed by atoms with van der Waals surface area (Å²) in [7, 11) is 0. The first kappa shape index (κ1) is 19.5. The Balaban J connectivity index is 2.11. The number of halogens is 2. The van der Waals surface area contributed by atoms with Crippen LogP contribution < -0.4 is 5.43 Å². The van der Waals surface area contributed by atoms with Crippen LogP contribution in [0.3, 0.4) is 0 Å². The summed E-state index contributed by atoms with van der Waals surface area (Å²) in [6, 6.07) is 14.0. The van der Waals surface area contributed by atoms with Crippen molar-refractivity contribution in [1.82, 2.24) is 9.78 Å². The standard InChI is InChI=1S/C19H14Cl2N2O3S/c1-2-26-19(25)17-18(24)16(27-15-8-6-12(20)7-9-15)11-23(22-17)14-5-3-4-13(21)10-14/h3-11H,2H2,1H3. The number of nitrogens with zero attached hydrogens (tertiary/aromatic N) is 2. The molecule has 0 unspecified atom stereocenters. The van der Waals surface area contributed by atoms with Crippen molar-refractivity contribution in [2.45, 2.75) is 16.7 Å². The van der Waals surface area contributed by atoms with E-state index >= 15 is 0 Å². The van der Waals surface area contributed by atoms with Gasteiger partial charge in [0, 0.05) is 21.1 Å². The van der Waals surface area contributed by atoms with Crippen LogP contribution in [-0.4, -0.2) is 22.4 Å². The Morgan fingerprint density at radius 2 is 1.89 bits per heavy atom. The summed E-state index contributed by atoms with van der Waals surface area (Å²) < 4.78 is 6.42. The predicted molar refractivity (Wildman–Crippen MR) is 106 cm³/mol. The smallest absolute Gasteiger partial charge is 0.362 e. The Morgan fingerprint density at radius 3 is 2.56 bits per heavy atom. The Bertz CT molecular complexity index is 1040. The third-order valence-electron chi connectivity index (χ3n) is 3.47. The Labute approximate surface area is 169 Å². The molecule has 0 fully saturated rings. The molecule has 0 saturated heterocycles. The third-order valence-corrected chi connectivity index (χ3v) is 4.97. The maximum atomic E-state index is 12.8. The van der Waals surface area contributed by atoms with Gasteiger partial charge in [0.25, 0.3) is 0 Å². The second kappa shape index (κ2) is 8.61. The van der Waals surface area contributed by atoms with E-state index in [0.717, 1.165) is 4.90 Å². The van der Waals surface area contributed by atoms with Crippen molar-refractivity contribution in [3.63, 3.8) is 0 Å². The van der Waals surface area contributed by atoms with Gasteiger partial charge in [-0.3, -0.25) is 4.79 Å². The van der Waals surface area contributed by atoms with E-state index in [1.807, 2.05) is 0 Å². The third kappa shape index (κ3) is 4.71. The van der Waals surface area contributed by atoms with Crippen molar-refractivity contribution in [3.05, 3.63) is 80.7 Å². The summed E-state index contributed by atoms with van der Waals surface area (Å²) in [6.45, 7) is 1.81. The maximum Gasteiger partial charge on any atom is 0.362 e. The Hall–Kier alpha value is -2.28. The fourth-order valence-corrected chi connectivity index (χ4v) is 3.43. The number of ether oxygens (including phenoxy) is 1. The fraction of sp³-hybridized carbons (Fsp3) is 0.105. The summed E-state index contributed by atoms with van der Waals surface area (Å²) in [5.74, 6) is -0.767. The van der Waals surface area contributed by atoms with Gasteiger partial charge in [-0.05, 0) is 49.4 Å². The van der Waals surface area contributed by atoms with E-state index in [4.69, 9.17) is 27.9 Å². The molecule has 0 saturated carbocycles. The molecule has 0 amide bonds. The van der Waals surface area contributed by atoms with Gasteiger partial charge < -0.3 is 4.74 Å². The van der Waals surface area contributed by atoms with Gasteiger partial charge in [-0.1, -0.05) is 41.0 Å². The van der Waals surface area contributed by atoms with Gasteiger partial charge in [-0.15, -0.1) is 0 Å². The van der Waals surface area contributed by atoms with Crippen LogP contribution in [0.15, 0.2) is 69.3 Å². The number of hydrogen-bond donors (Lipinski definition) is 0. The zero-order valence-electron chi connectivity index (χ0n) is 14.2. The van der Waals surface area contributed by atoms with Gasteiger partial charge in [0.15, 0.2) is 0 Å². The molecule has 8 heteroatoms. The fourth-order valence-electron chi connectivity index (χ4n) is 2.25. The van der Waals surface area contributed by atoms with Crippen LogP contribution >= 0.6 is 35.0 Å². The van der Waals surface area contributed by atoms with E-state index in [1.165, 1.54) is 16.4 Å². The molecule has 0 radical (unpaired) electrons. The molecule has 0 N–H and O–H groups in total. The van der Waals surface area contributed by atoms with Crippen LogP contribution in [0, 0.1) is 0 Å². The normalized spacial score (nSPS) is 10.6. The number of carbonyl (C=O) groups is 1. The average Bonchev–Trinajstić information content (AvgIpc) is 2.65. The molecule has 3 aromatic rings. The topological polar surface area (TPSA) is 61.2 Å². The molecule has 138 valence electrons. The largest absolute Gasteiger partial charge is 0.461 e. The number of aromatic nitrogens is 2. The van der Waals surface area contributed by atoms with Gasteiger partial charge in [-0.25, -0.2) is 9.48 Å². The van der Waals surface area contributed by atoms with E-state index < -0.39 is 11.4 Å². The zero-order chi connectivity index (χ0) is 19.4. The first-order valence-corrected chi connectivity index (χ1v) is 9.55. The van der Waals surface area contributed by atoms with E-state index in [0.29, 0.717) is 20.6 Å². The Morgan fingerprint density at radius 1 is 1.15 bits per heavy atom. The maximum absolute atomic E-state index is 12.8. The van der Waals surface area contributed by atoms with Crippen molar-refractivity contribution in [3.8, 4) is 5.69 Å². The predicted octanol–water partition coefficient (Wildman–Crippen LogP) is 4.87. The number of hydrogen-bond acceptors (Lipinski definition) is 5. The van der Waals surface area contributed by atoms with Crippen LogP contribution in [0.5, 0.6) is 0 Å². The lowest BCUT2D eigenvalue weighted by molar-refractivity contribution is 0.0515. The lowest BCUT2D eigenvalue weighted by atomic mass is 10.3. The molecular formula is C19H14Cl2N2O3S. The van der Waals surface area contributed by atoms with Crippen LogP contribution in [0.4, 0.5) is 0 Å². The molecule has 0 aliphatic rings. The number of rotatable bonds is 5. The number of carbonyl (C=O) groups excluding carboxylic acids is 1. The van der Waals surface area contributed by atoms with Crippen molar-refractivity contribution in [2.24, 2.45) is 0 Å². The van der Waals surface area contributed by atoms with Crippen molar-refractivity contribution >= 4 is 40.9 Å². The van der Waals surface area contributed by atoms with Crippen molar-refractivity contribution in [1.29, 1.82) is 0 Å². The molecule has 5 nitrogen and oxygen atoms in total. The minimum Gasteiger partial charge on any atom is -0.461 e. The monoisotopic (exact) mass is 420 g/mol. The molecule has 1 heterocycles. The van der Waals surface area contributed by atoms with E-state index in [2.05, 4.69) is 5.10 Å². The molecule has 27 heavy (non-hydrogen) atoms. The molecule has 0 bridgehead atoms. The van der Waals surface area contributed by atoms with Gasteiger partial charge in [0.05, 0.1) is 17.2 Å². The summed E-state index contributed by atoms with van der Waals surface area (Å²) in [4.78, 5) is 26.1. The van der Waals surface area contributed by atoms with Crippen LogP contribution in [0.25, 0.3) is 5.69 Å². The second-order valence-electron chi connectivity index (χ2n) is 5.37. The van der Waals surface area contributed by atoms with Gasteiger partial charge in [0.2, 0.25) is 11.1 Å². The highest BCUT2D eigenvalue weighted by Crippen LogP contribution is 2.27. The molecule has 1 aromatic heterocycles. The molecule has 0 atom stereocenters. The average molecular weight is 421 g/mol. The van der Waals surface area contributed by atoms with E-state index in [9.17, 15) is 9.59 Å². The first-order chi connectivity index (χ1) is 13.0. The summed E-state index contributed by atoms with van der Waals surface area (Å²) in [5.41, 5.74) is -0.159. The molecule has 0 aliphatic carbocycles. The SMILES string of the molecule is CCOC(=O)c1nn(-c2cccc(Cl)c2)cc(Sc2ccc(Cl)cc2)c1=O. The van der Waals surface area contributed by atoms with Crippen LogP contribution in [-0.2, 0) is 4.74 Å². The Kier molecular flexibility index (Phi) is 6.21. The molecule has 3 rings (SSSR count). The van der Waals surface area contributed by atoms with Gasteiger partial charge >= 0.3 is 5.97 Å². The molecular weight excluding hydrogens is 407 g/mol. The molecule has 0 aliphatic heterocycles. The summed E-state index contributed by atoms with van der Waals surface area (Å²) >= 11 is 13.2. The number of esters is 1. The zero-order valence-corrected chi connectivity index (χ0v) is 16.5. The minimum absolute atomic E-state index is 0.145.